The van der Waals surface area contributed by atoms with Crippen LogP contribution in [0.2, 0.25) is 0 Å². The molecule has 0 aromatic carbocycles. The molecule has 0 spiro atoms. The molecule has 25 heavy (non-hydrogen) atoms. The third kappa shape index (κ3) is 4.08. The van der Waals surface area contributed by atoms with Gasteiger partial charge in [-0.3, -0.25) is 9.88 Å². The zero-order chi connectivity index (χ0) is 18.0. The summed E-state index contributed by atoms with van der Waals surface area (Å²) in [5.41, 5.74) is 1.15. The van der Waals surface area contributed by atoms with Crippen LogP contribution in [0.15, 0.2) is 42.1 Å². The van der Waals surface area contributed by atoms with Crippen LogP contribution in [-0.4, -0.2) is 57.8 Å². The first-order chi connectivity index (χ1) is 11.9. The lowest BCUT2D eigenvalue weighted by Gasteiger charge is -2.44. The molecule has 2 aromatic rings. The van der Waals surface area contributed by atoms with Gasteiger partial charge in [-0.1, -0.05) is 19.9 Å². The highest BCUT2D eigenvalue weighted by molar-refractivity contribution is 7.89. The Morgan fingerprint density at radius 3 is 2.68 bits per heavy atom. The van der Waals surface area contributed by atoms with E-state index >= 15 is 0 Å². The van der Waals surface area contributed by atoms with Gasteiger partial charge in [-0.15, -0.1) is 0 Å². The summed E-state index contributed by atoms with van der Waals surface area (Å²) in [6, 6.07) is 4.21. The average Bonchev–Trinajstić information content (AvgIpc) is 2.93. The molecule has 3 rings (SSSR count). The lowest BCUT2D eigenvalue weighted by molar-refractivity contribution is 0.0710. The lowest BCUT2D eigenvalue weighted by Crippen LogP contribution is -2.61. The second-order valence-corrected chi connectivity index (χ2v) is 8.92. The van der Waals surface area contributed by atoms with Crippen molar-refractivity contribution in [2.75, 3.05) is 19.6 Å². The molecule has 2 aromatic heterocycles. The molecule has 0 N–H and O–H groups in total. The number of aryl methyl sites for hydroxylation is 1. The highest BCUT2D eigenvalue weighted by Crippen LogP contribution is 2.25. The Balaban J connectivity index is 1.67. The minimum absolute atomic E-state index is 0.121. The predicted molar refractivity (Wildman–Crippen MR) is 95.2 cm³/mol. The maximum Gasteiger partial charge on any atom is 0.262 e. The molecule has 8 heteroatoms. The molecule has 1 aliphatic heterocycles. The van der Waals surface area contributed by atoms with Crippen molar-refractivity contribution >= 4 is 10.0 Å². The van der Waals surface area contributed by atoms with E-state index < -0.39 is 10.0 Å². The van der Waals surface area contributed by atoms with Crippen molar-refractivity contribution < 1.29 is 8.42 Å². The molecule has 1 fully saturated rings. The molecular formula is C17H25N5O2S. The molecule has 1 saturated heterocycles. The van der Waals surface area contributed by atoms with Crippen molar-refractivity contribution in [2.45, 2.75) is 31.5 Å². The third-order valence-corrected chi connectivity index (χ3v) is 6.06. The van der Waals surface area contributed by atoms with Gasteiger partial charge in [0.25, 0.3) is 10.0 Å². The molecule has 0 radical (unpaired) electrons. The summed E-state index contributed by atoms with van der Waals surface area (Å²) in [6.45, 7) is 7.08. The summed E-state index contributed by atoms with van der Waals surface area (Å²) < 4.78 is 28.4. The zero-order valence-electron chi connectivity index (χ0n) is 14.9. The van der Waals surface area contributed by atoms with E-state index in [1.54, 1.807) is 24.0 Å². The highest BCUT2D eigenvalue weighted by atomic mass is 32.2. The van der Waals surface area contributed by atoms with Gasteiger partial charge in [0.05, 0.1) is 6.33 Å². The van der Waals surface area contributed by atoms with Gasteiger partial charge >= 0.3 is 0 Å². The molecule has 0 bridgehead atoms. The van der Waals surface area contributed by atoms with Gasteiger partial charge in [0.2, 0.25) is 0 Å². The first-order valence-corrected chi connectivity index (χ1v) is 9.91. The fraction of sp³-hybridized carbons (Fsp3) is 0.529. The van der Waals surface area contributed by atoms with Gasteiger partial charge in [-0.2, -0.15) is 4.31 Å². The fourth-order valence-corrected chi connectivity index (χ4v) is 4.52. The monoisotopic (exact) mass is 363 g/mol. The largest absolute Gasteiger partial charge is 0.339 e. The van der Waals surface area contributed by atoms with Gasteiger partial charge in [0.1, 0.15) is 0 Å². The third-order valence-electron chi connectivity index (χ3n) is 4.34. The first-order valence-electron chi connectivity index (χ1n) is 8.47. The molecule has 0 unspecified atom stereocenters. The van der Waals surface area contributed by atoms with Crippen LogP contribution in [-0.2, 0) is 23.6 Å². The van der Waals surface area contributed by atoms with E-state index in [9.17, 15) is 8.42 Å². The summed E-state index contributed by atoms with van der Waals surface area (Å²) in [5.74, 6) is 0.512. The van der Waals surface area contributed by atoms with E-state index in [0.717, 1.165) is 18.7 Å². The quantitative estimate of drug-likeness (QED) is 0.742. The number of hydrogen-bond acceptors (Lipinski definition) is 5. The molecule has 3 heterocycles. The normalized spacial score (nSPS) is 16.5. The Labute approximate surface area is 149 Å². The van der Waals surface area contributed by atoms with E-state index in [1.807, 2.05) is 12.3 Å². The Morgan fingerprint density at radius 2 is 2.12 bits per heavy atom. The van der Waals surface area contributed by atoms with Gasteiger partial charge in [0.15, 0.2) is 5.03 Å². The van der Waals surface area contributed by atoms with Gasteiger partial charge in [0, 0.05) is 57.9 Å². The second kappa shape index (κ2) is 7.23. The summed E-state index contributed by atoms with van der Waals surface area (Å²) in [4.78, 5) is 10.5. The van der Waals surface area contributed by atoms with E-state index in [2.05, 4.69) is 34.8 Å². The van der Waals surface area contributed by atoms with Crippen LogP contribution in [0.5, 0.6) is 0 Å². The molecule has 1 aliphatic rings. The number of sulfonamides is 1. The van der Waals surface area contributed by atoms with Crippen LogP contribution in [0.1, 0.15) is 19.4 Å². The van der Waals surface area contributed by atoms with E-state index in [0.29, 0.717) is 19.0 Å². The van der Waals surface area contributed by atoms with Crippen molar-refractivity contribution in [3.8, 4) is 0 Å². The van der Waals surface area contributed by atoms with Crippen molar-refractivity contribution in [3.05, 3.63) is 42.6 Å². The molecule has 7 nitrogen and oxygen atoms in total. The minimum atomic E-state index is -3.49. The SMILES string of the molecule is CC(C)CN(Cc1cccnc1)C1CN(S(=O)(=O)c2cn(C)cn2)C1. The first kappa shape index (κ1) is 18.0. The van der Waals surface area contributed by atoms with Crippen molar-refractivity contribution in [3.63, 3.8) is 0 Å². The second-order valence-electron chi connectivity index (χ2n) is 7.04. The number of nitrogens with zero attached hydrogens (tertiary/aromatic N) is 5. The maximum absolute atomic E-state index is 12.6. The summed E-state index contributed by atoms with van der Waals surface area (Å²) in [7, 11) is -1.72. The smallest absolute Gasteiger partial charge is 0.262 e. The van der Waals surface area contributed by atoms with Crippen molar-refractivity contribution in [2.24, 2.45) is 13.0 Å². The van der Waals surface area contributed by atoms with E-state index in [1.165, 1.54) is 10.6 Å². The molecule has 136 valence electrons. The molecule has 0 amide bonds. The number of pyridine rings is 1. The van der Waals surface area contributed by atoms with Crippen LogP contribution in [0, 0.1) is 5.92 Å². The Bertz CT molecular complexity index is 797. The van der Waals surface area contributed by atoms with E-state index in [-0.39, 0.29) is 11.1 Å². The molecule has 0 aliphatic carbocycles. The van der Waals surface area contributed by atoms with Gasteiger partial charge < -0.3 is 4.57 Å². The number of rotatable bonds is 7. The van der Waals surface area contributed by atoms with Gasteiger partial charge in [-0.05, 0) is 17.5 Å². The number of aromatic nitrogens is 3. The summed E-state index contributed by atoms with van der Waals surface area (Å²) >= 11 is 0. The van der Waals surface area contributed by atoms with Crippen molar-refractivity contribution in [1.82, 2.24) is 23.7 Å². The molecule has 0 atom stereocenters. The Hall–Kier alpha value is -1.77. The van der Waals surface area contributed by atoms with Crippen LogP contribution < -0.4 is 0 Å². The van der Waals surface area contributed by atoms with Crippen LogP contribution >= 0.6 is 0 Å². The number of imidazole rings is 1. The highest BCUT2D eigenvalue weighted by Gasteiger charge is 2.40. The minimum Gasteiger partial charge on any atom is -0.339 e. The maximum atomic E-state index is 12.6. The standard InChI is InChI=1S/C17H25N5O2S/c1-14(2)8-21(9-15-5-4-6-18-7-15)16-10-22(11-16)25(23,24)17-12-20(3)13-19-17/h4-7,12-14,16H,8-11H2,1-3H3. The Morgan fingerprint density at radius 1 is 1.36 bits per heavy atom. The van der Waals surface area contributed by atoms with Crippen molar-refractivity contribution in [1.29, 1.82) is 0 Å². The predicted octanol–water partition coefficient (Wildman–Crippen LogP) is 1.35. The Kier molecular flexibility index (Phi) is 5.21. The van der Waals surface area contributed by atoms with Crippen LogP contribution in [0.3, 0.4) is 0 Å². The topological polar surface area (TPSA) is 71.3 Å². The number of hydrogen-bond donors (Lipinski definition) is 0. The van der Waals surface area contributed by atoms with Crippen LogP contribution in [0.25, 0.3) is 0 Å². The molecular weight excluding hydrogens is 338 g/mol. The summed E-state index contributed by atoms with van der Waals surface area (Å²) in [5, 5.41) is 0.121. The lowest BCUT2D eigenvalue weighted by atomic mass is 10.1. The van der Waals surface area contributed by atoms with E-state index in [4.69, 9.17) is 0 Å². The molecule has 0 saturated carbocycles. The van der Waals surface area contributed by atoms with Crippen LogP contribution in [0.4, 0.5) is 0 Å². The fourth-order valence-electron chi connectivity index (χ4n) is 3.04. The van der Waals surface area contributed by atoms with Gasteiger partial charge in [-0.25, -0.2) is 13.4 Å². The summed E-state index contributed by atoms with van der Waals surface area (Å²) in [6.07, 6.45) is 6.69. The zero-order valence-corrected chi connectivity index (χ0v) is 15.7. The average molecular weight is 363 g/mol.